The summed E-state index contributed by atoms with van der Waals surface area (Å²) in [6.07, 6.45) is -2.92. The molecule has 8 heteroatoms. The highest BCUT2D eigenvalue weighted by molar-refractivity contribution is 6.03. The first kappa shape index (κ1) is 15.9. The molecule has 0 saturated heterocycles. The van der Waals surface area contributed by atoms with E-state index in [0.717, 1.165) is 12.1 Å². The van der Waals surface area contributed by atoms with Gasteiger partial charge in [-0.05, 0) is 24.3 Å². The SMILES string of the molecule is O=C(Nc1ccc(C(F)(F)C(F)(F)F)cc1)c1cccnc1. The maximum absolute atomic E-state index is 13.1. The number of pyridine rings is 1. The van der Waals surface area contributed by atoms with Crippen LogP contribution in [0.25, 0.3) is 0 Å². The van der Waals surface area contributed by atoms with Crippen molar-refractivity contribution in [2.75, 3.05) is 5.32 Å². The summed E-state index contributed by atoms with van der Waals surface area (Å²) >= 11 is 0. The highest BCUT2D eigenvalue weighted by Crippen LogP contribution is 2.43. The summed E-state index contributed by atoms with van der Waals surface area (Å²) in [5, 5.41) is 2.37. The molecule has 0 aliphatic heterocycles. The smallest absolute Gasteiger partial charge is 0.322 e. The first-order valence-corrected chi connectivity index (χ1v) is 5.98. The first-order valence-electron chi connectivity index (χ1n) is 5.98. The second kappa shape index (κ2) is 5.70. The molecule has 0 aliphatic rings. The molecule has 0 bridgehead atoms. The lowest BCUT2D eigenvalue weighted by Gasteiger charge is -2.20. The van der Waals surface area contributed by atoms with Crippen molar-refractivity contribution in [2.24, 2.45) is 0 Å². The molecule has 0 atom stereocenters. The van der Waals surface area contributed by atoms with Crippen molar-refractivity contribution in [3.05, 3.63) is 59.9 Å². The minimum Gasteiger partial charge on any atom is -0.322 e. The van der Waals surface area contributed by atoms with Gasteiger partial charge in [0.2, 0.25) is 0 Å². The number of benzene rings is 1. The van der Waals surface area contributed by atoms with E-state index in [1.54, 1.807) is 0 Å². The zero-order valence-electron chi connectivity index (χ0n) is 10.9. The molecule has 1 heterocycles. The minimum absolute atomic E-state index is 0.0931. The van der Waals surface area contributed by atoms with Gasteiger partial charge in [0.15, 0.2) is 0 Å². The molecule has 22 heavy (non-hydrogen) atoms. The summed E-state index contributed by atoms with van der Waals surface area (Å²) in [5.74, 6) is -5.50. The number of hydrogen-bond acceptors (Lipinski definition) is 2. The van der Waals surface area contributed by atoms with Crippen LogP contribution in [0.5, 0.6) is 0 Å². The van der Waals surface area contributed by atoms with E-state index in [0.29, 0.717) is 12.1 Å². The Hall–Kier alpha value is -2.51. The zero-order valence-corrected chi connectivity index (χ0v) is 10.9. The van der Waals surface area contributed by atoms with E-state index in [4.69, 9.17) is 0 Å². The Bertz CT molecular complexity index is 653. The number of hydrogen-bond donors (Lipinski definition) is 1. The Morgan fingerprint density at radius 1 is 1.00 bits per heavy atom. The molecule has 1 amide bonds. The van der Waals surface area contributed by atoms with Gasteiger partial charge in [0.1, 0.15) is 0 Å². The van der Waals surface area contributed by atoms with E-state index in [1.807, 2.05) is 0 Å². The Kier molecular flexibility index (Phi) is 4.11. The Morgan fingerprint density at radius 2 is 1.64 bits per heavy atom. The number of nitrogens with one attached hydrogen (secondary N) is 1. The number of amides is 1. The van der Waals surface area contributed by atoms with Gasteiger partial charge in [-0.3, -0.25) is 9.78 Å². The maximum Gasteiger partial charge on any atom is 0.458 e. The lowest BCUT2D eigenvalue weighted by Crippen LogP contribution is -2.33. The molecular weight excluding hydrogens is 307 g/mol. The second-order valence-electron chi connectivity index (χ2n) is 4.35. The zero-order chi connectivity index (χ0) is 16.4. The second-order valence-corrected chi connectivity index (χ2v) is 4.35. The summed E-state index contributed by atoms with van der Waals surface area (Å²) < 4.78 is 62.9. The van der Waals surface area contributed by atoms with Crippen LogP contribution < -0.4 is 5.32 Å². The van der Waals surface area contributed by atoms with Crippen LogP contribution in [0, 0.1) is 0 Å². The van der Waals surface area contributed by atoms with Crippen LogP contribution in [-0.4, -0.2) is 17.1 Å². The fourth-order valence-electron chi connectivity index (χ4n) is 1.63. The van der Waals surface area contributed by atoms with E-state index in [2.05, 4.69) is 10.3 Å². The van der Waals surface area contributed by atoms with Crippen LogP contribution >= 0.6 is 0 Å². The number of aromatic nitrogens is 1. The highest BCUT2D eigenvalue weighted by atomic mass is 19.4. The predicted molar refractivity (Wildman–Crippen MR) is 68.6 cm³/mol. The van der Waals surface area contributed by atoms with Crippen LogP contribution in [0.2, 0.25) is 0 Å². The van der Waals surface area contributed by atoms with Gasteiger partial charge in [0.05, 0.1) is 5.56 Å². The molecule has 116 valence electrons. The molecule has 3 nitrogen and oxygen atoms in total. The predicted octanol–water partition coefficient (Wildman–Crippen LogP) is 3.99. The van der Waals surface area contributed by atoms with E-state index >= 15 is 0 Å². The number of carbonyl (C=O) groups is 1. The summed E-state index contributed by atoms with van der Waals surface area (Å²) in [7, 11) is 0. The summed E-state index contributed by atoms with van der Waals surface area (Å²) in [6.45, 7) is 0. The Morgan fingerprint density at radius 3 is 2.14 bits per heavy atom. The lowest BCUT2D eigenvalue weighted by atomic mass is 10.1. The number of halogens is 5. The number of anilines is 1. The third-order valence-corrected chi connectivity index (χ3v) is 2.79. The van der Waals surface area contributed by atoms with Crippen molar-refractivity contribution < 1.29 is 26.7 Å². The number of rotatable bonds is 3. The topological polar surface area (TPSA) is 42.0 Å². The third-order valence-electron chi connectivity index (χ3n) is 2.79. The third kappa shape index (κ3) is 3.21. The molecule has 0 saturated carbocycles. The van der Waals surface area contributed by atoms with Crippen LogP contribution in [-0.2, 0) is 5.92 Å². The molecule has 1 N–H and O–H groups in total. The summed E-state index contributed by atoms with van der Waals surface area (Å²) in [5.41, 5.74) is -0.873. The fraction of sp³-hybridized carbons (Fsp3) is 0.143. The van der Waals surface area contributed by atoms with Gasteiger partial charge in [-0.2, -0.15) is 22.0 Å². The molecule has 2 aromatic rings. The van der Waals surface area contributed by atoms with E-state index < -0.39 is 23.6 Å². The van der Waals surface area contributed by atoms with Crippen molar-refractivity contribution in [1.82, 2.24) is 4.98 Å². The molecule has 0 fully saturated rings. The molecule has 0 radical (unpaired) electrons. The molecule has 0 spiro atoms. The van der Waals surface area contributed by atoms with Crippen molar-refractivity contribution in [1.29, 1.82) is 0 Å². The molecule has 0 unspecified atom stereocenters. The standard InChI is InChI=1S/C14H9F5N2O/c15-13(16,14(17,18)19)10-3-5-11(6-4-10)21-12(22)9-2-1-7-20-8-9/h1-8H,(H,21,22). The number of nitrogens with zero attached hydrogens (tertiary/aromatic N) is 1. The number of alkyl halides is 5. The summed E-state index contributed by atoms with van der Waals surface area (Å²) in [4.78, 5) is 15.5. The Labute approximate surface area is 121 Å². The van der Waals surface area contributed by atoms with E-state index in [-0.39, 0.29) is 11.3 Å². The highest BCUT2D eigenvalue weighted by Gasteiger charge is 2.58. The quantitative estimate of drug-likeness (QED) is 0.870. The van der Waals surface area contributed by atoms with Gasteiger partial charge in [-0.15, -0.1) is 0 Å². The van der Waals surface area contributed by atoms with Gasteiger partial charge in [-0.25, -0.2) is 0 Å². The van der Waals surface area contributed by atoms with Crippen molar-refractivity contribution in [3.8, 4) is 0 Å². The average Bonchev–Trinajstić information content (AvgIpc) is 2.47. The maximum atomic E-state index is 13.1. The first-order chi connectivity index (χ1) is 10.2. The monoisotopic (exact) mass is 316 g/mol. The largest absolute Gasteiger partial charge is 0.458 e. The van der Waals surface area contributed by atoms with Crippen LogP contribution in [0.1, 0.15) is 15.9 Å². The normalized spacial score (nSPS) is 12.0. The average molecular weight is 316 g/mol. The van der Waals surface area contributed by atoms with Crippen molar-refractivity contribution in [3.63, 3.8) is 0 Å². The van der Waals surface area contributed by atoms with Crippen LogP contribution in [0.3, 0.4) is 0 Å². The van der Waals surface area contributed by atoms with Gasteiger partial charge < -0.3 is 5.32 Å². The Balaban J connectivity index is 2.15. The molecule has 1 aromatic carbocycles. The van der Waals surface area contributed by atoms with Crippen LogP contribution in [0.15, 0.2) is 48.8 Å². The van der Waals surface area contributed by atoms with E-state index in [1.165, 1.54) is 24.5 Å². The minimum atomic E-state index is -5.67. The molecular formula is C14H9F5N2O. The van der Waals surface area contributed by atoms with Crippen molar-refractivity contribution >= 4 is 11.6 Å². The van der Waals surface area contributed by atoms with Gasteiger partial charge in [0, 0.05) is 23.6 Å². The lowest BCUT2D eigenvalue weighted by molar-refractivity contribution is -0.289. The molecule has 2 rings (SSSR count). The van der Waals surface area contributed by atoms with Crippen LogP contribution in [0.4, 0.5) is 27.6 Å². The molecule has 1 aromatic heterocycles. The van der Waals surface area contributed by atoms with Crippen molar-refractivity contribution in [2.45, 2.75) is 12.1 Å². The van der Waals surface area contributed by atoms with Gasteiger partial charge in [-0.1, -0.05) is 12.1 Å². The van der Waals surface area contributed by atoms with Gasteiger partial charge in [0.25, 0.3) is 5.91 Å². The van der Waals surface area contributed by atoms with Gasteiger partial charge >= 0.3 is 12.1 Å². The number of carbonyl (C=O) groups excluding carboxylic acids is 1. The molecule has 0 aliphatic carbocycles. The fourth-order valence-corrected chi connectivity index (χ4v) is 1.63. The summed E-state index contributed by atoms with van der Waals surface area (Å²) in [6, 6.07) is 6.20. The van der Waals surface area contributed by atoms with E-state index in [9.17, 15) is 26.7 Å².